The summed E-state index contributed by atoms with van der Waals surface area (Å²) < 4.78 is 5.66. The summed E-state index contributed by atoms with van der Waals surface area (Å²) in [6.07, 6.45) is 3.19. The molecule has 0 spiro atoms. The molecule has 0 saturated heterocycles. The maximum Gasteiger partial charge on any atom is 0.119 e. The molecule has 1 unspecified atom stereocenters. The van der Waals surface area contributed by atoms with Crippen LogP contribution < -0.4 is 10.5 Å². The van der Waals surface area contributed by atoms with Crippen LogP contribution in [0.3, 0.4) is 0 Å². The van der Waals surface area contributed by atoms with Crippen LogP contribution in [0.1, 0.15) is 13.3 Å². The van der Waals surface area contributed by atoms with Gasteiger partial charge in [-0.25, -0.2) is 0 Å². The van der Waals surface area contributed by atoms with Crippen molar-refractivity contribution in [1.29, 1.82) is 0 Å². The zero-order valence-electron chi connectivity index (χ0n) is 11.6. The SMILES string of the molecule is CSCC(C)N(C)CCCOc1ccc(N)cc1. The van der Waals surface area contributed by atoms with Crippen molar-refractivity contribution in [2.45, 2.75) is 19.4 Å². The Kier molecular flexibility index (Phi) is 6.98. The zero-order valence-corrected chi connectivity index (χ0v) is 12.4. The van der Waals surface area contributed by atoms with Crippen LogP contribution in [0, 0.1) is 0 Å². The molecule has 0 aromatic heterocycles. The average Bonchev–Trinajstić information content (AvgIpc) is 2.36. The maximum absolute atomic E-state index is 5.66. The molecule has 1 rings (SSSR count). The van der Waals surface area contributed by atoms with Crippen LogP contribution in [-0.2, 0) is 0 Å². The molecule has 1 aromatic rings. The van der Waals surface area contributed by atoms with Gasteiger partial charge in [0.15, 0.2) is 0 Å². The van der Waals surface area contributed by atoms with E-state index in [0.717, 1.165) is 31.0 Å². The van der Waals surface area contributed by atoms with Crippen molar-refractivity contribution >= 4 is 17.4 Å². The molecule has 0 amide bonds. The first-order chi connectivity index (χ1) is 8.63. The van der Waals surface area contributed by atoms with E-state index in [1.807, 2.05) is 36.0 Å². The van der Waals surface area contributed by atoms with Crippen LogP contribution in [0.2, 0.25) is 0 Å². The van der Waals surface area contributed by atoms with Gasteiger partial charge in [0.2, 0.25) is 0 Å². The lowest BCUT2D eigenvalue weighted by molar-refractivity contribution is 0.236. The van der Waals surface area contributed by atoms with Gasteiger partial charge in [0, 0.05) is 24.0 Å². The predicted octanol–water partition coefficient (Wildman–Crippen LogP) is 2.72. The Labute approximate surface area is 115 Å². The fraction of sp³-hybridized carbons (Fsp3) is 0.571. The minimum atomic E-state index is 0.622. The summed E-state index contributed by atoms with van der Waals surface area (Å²) >= 11 is 1.89. The van der Waals surface area contributed by atoms with E-state index in [1.165, 1.54) is 5.75 Å². The van der Waals surface area contributed by atoms with Crippen LogP contribution in [0.4, 0.5) is 5.69 Å². The van der Waals surface area contributed by atoms with Crippen molar-refractivity contribution in [2.75, 3.05) is 37.9 Å². The lowest BCUT2D eigenvalue weighted by Crippen LogP contribution is -2.32. The Hall–Kier alpha value is -0.870. The standard InChI is InChI=1S/C14H24N2OS/c1-12(11-18-3)16(2)9-4-10-17-14-7-5-13(15)6-8-14/h5-8,12H,4,9-11,15H2,1-3H3. The van der Waals surface area contributed by atoms with Gasteiger partial charge >= 0.3 is 0 Å². The van der Waals surface area contributed by atoms with Crippen LogP contribution >= 0.6 is 11.8 Å². The number of hydrogen-bond acceptors (Lipinski definition) is 4. The largest absolute Gasteiger partial charge is 0.494 e. The lowest BCUT2D eigenvalue weighted by Gasteiger charge is -2.23. The van der Waals surface area contributed by atoms with Crippen molar-refractivity contribution in [3.8, 4) is 5.75 Å². The number of hydrogen-bond donors (Lipinski definition) is 1. The molecule has 0 radical (unpaired) electrons. The van der Waals surface area contributed by atoms with Crippen molar-refractivity contribution in [2.24, 2.45) is 0 Å². The third-order valence-electron chi connectivity index (χ3n) is 2.96. The van der Waals surface area contributed by atoms with Gasteiger partial charge in [0.1, 0.15) is 5.75 Å². The quantitative estimate of drug-likeness (QED) is 0.581. The first kappa shape index (κ1) is 15.2. The Morgan fingerprint density at radius 1 is 1.33 bits per heavy atom. The fourth-order valence-electron chi connectivity index (χ4n) is 1.66. The number of rotatable bonds is 8. The number of nitrogens with zero attached hydrogens (tertiary/aromatic N) is 1. The van der Waals surface area contributed by atoms with Crippen molar-refractivity contribution < 1.29 is 4.74 Å². The van der Waals surface area contributed by atoms with Gasteiger partial charge in [-0.1, -0.05) is 0 Å². The number of ether oxygens (including phenoxy) is 1. The molecule has 0 aliphatic heterocycles. The van der Waals surface area contributed by atoms with Crippen LogP contribution in [-0.4, -0.2) is 43.1 Å². The van der Waals surface area contributed by atoms with E-state index >= 15 is 0 Å². The first-order valence-corrected chi connectivity index (χ1v) is 7.70. The second-order valence-electron chi connectivity index (χ2n) is 4.56. The highest BCUT2D eigenvalue weighted by atomic mass is 32.2. The van der Waals surface area contributed by atoms with Crippen LogP contribution in [0.15, 0.2) is 24.3 Å². The van der Waals surface area contributed by atoms with Crippen LogP contribution in [0.5, 0.6) is 5.75 Å². The van der Waals surface area contributed by atoms with E-state index < -0.39 is 0 Å². The van der Waals surface area contributed by atoms with E-state index in [4.69, 9.17) is 10.5 Å². The van der Waals surface area contributed by atoms with Gasteiger partial charge in [-0.05, 0) is 50.9 Å². The van der Waals surface area contributed by atoms with E-state index in [1.54, 1.807) is 0 Å². The molecule has 2 N–H and O–H groups in total. The summed E-state index contributed by atoms with van der Waals surface area (Å²) in [5.74, 6) is 2.07. The van der Waals surface area contributed by atoms with E-state index in [2.05, 4.69) is 25.1 Å². The van der Waals surface area contributed by atoms with Gasteiger partial charge in [-0.3, -0.25) is 0 Å². The zero-order chi connectivity index (χ0) is 13.4. The highest BCUT2D eigenvalue weighted by Crippen LogP contribution is 2.13. The highest BCUT2D eigenvalue weighted by molar-refractivity contribution is 7.98. The van der Waals surface area contributed by atoms with E-state index in [0.29, 0.717) is 6.04 Å². The smallest absolute Gasteiger partial charge is 0.119 e. The van der Waals surface area contributed by atoms with Gasteiger partial charge in [0.05, 0.1) is 6.61 Å². The first-order valence-electron chi connectivity index (χ1n) is 6.31. The second-order valence-corrected chi connectivity index (χ2v) is 5.47. The Bertz CT molecular complexity index is 329. The number of benzene rings is 1. The third-order valence-corrected chi connectivity index (χ3v) is 3.78. The topological polar surface area (TPSA) is 38.5 Å². The second kappa shape index (κ2) is 8.27. The molecular weight excluding hydrogens is 244 g/mol. The van der Waals surface area contributed by atoms with E-state index in [-0.39, 0.29) is 0 Å². The molecular formula is C14H24N2OS. The molecule has 1 atom stereocenters. The molecule has 0 aliphatic carbocycles. The molecule has 1 aromatic carbocycles. The highest BCUT2D eigenvalue weighted by Gasteiger charge is 2.07. The molecule has 4 heteroatoms. The van der Waals surface area contributed by atoms with Gasteiger partial charge in [-0.15, -0.1) is 0 Å². The Balaban J connectivity index is 2.16. The number of thioether (sulfide) groups is 1. The van der Waals surface area contributed by atoms with Crippen molar-refractivity contribution in [3.63, 3.8) is 0 Å². The minimum Gasteiger partial charge on any atom is -0.494 e. The number of nitrogens with two attached hydrogens (primary N) is 1. The number of anilines is 1. The van der Waals surface area contributed by atoms with Gasteiger partial charge in [0.25, 0.3) is 0 Å². The fourth-order valence-corrected chi connectivity index (χ4v) is 2.39. The molecule has 0 aliphatic rings. The maximum atomic E-state index is 5.66. The normalized spacial score (nSPS) is 12.7. The van der Waals surface area contributed by atoms with E-state index in [9.17, 15) is 0 Å². The minimum absolute atomic E-state index is 0.622. The molecule has 3 nitrogen and oxygen atoms in total. The van der Waals surface area contributed by atoms with Crippen molar-refractivity contribution in [3.05, 3.63) is 24.3 Å². The Morgan fingerprint density at radius 2 is 2.00 bits per heavy atom. The molecule has 18 heavy (non-hydrogen) atoms. The third kappa shape index (κ3) is 5.65. The molecule has 0 saturated carbocycles. The molecule has 0 heterocycles. The summed E-state index contributed by atoms with van der Waals surface area (Å²) in [6.45, 7) is 4.08. The van der Waals surface area contributed by atoms with Gasteiger partial charge < -0.3 is 15.4 Å². The summed E-state index contributed by atoms with van der Waals surface area (Å²) in [5.41, 5.74) is 6.39. The summed E-state index contributed by atoms with van der Waals surface area (Å²) in [5, 5.41) is 0. The van der Waals surface area contributed by atoms with Crippen molar-refractivity contribution in [1.82, 2.24) is 4.90 Å². The predicted molar refractivity (Wildman–Crippen MR) is 81.4 cm³/mol. The summed E-state index contributed by atoms with van der Waals surface area (Å²) in [6, 6.07) is 8.17. The lowest BCUT2D eigenvalue weighted by atomic mass is 10.3. The monoisotopic (exact) mass is 268 g/mol. The van der Waals surface area contributed by atoms with Crippen LogP contribution in [0.25, 0.3) is 0 Å². The Morgan fingerprint density at radius 3 is 2.61 bits per heavy atom. The van der Waals surface area contributed by atoms with Gasteiger partial charge in [-0.2, -0.15) is 11.8 Å². The number of nitrogen functional groups attached to an aromatic ring is 1. The summed E-state index contributed by atoms with van der Waals surface area (Å²) in [4.78, 5) is 2.38. The molecule has 0 bridgehead atoms. The molecule has 0 fully saturated rings. The molecule has 102 valence electrons. The summed E-state index contributed by atoms with van der Waals surface area (Å²) in [7, 11) is 2.17. The average molecular weight is 268 g/mol.